The first kappa shape index (κ1) is 11.7. The van der Waals surface area contributed by atoms with Crippen LogP contribution in [0.25, 0.3) is 0 Å². The van der Waals surface area contributed by atoms with Crippen molar-refractivity contribution in [3.05, 3.63) is 28.3 Å². The van der Waals surface area contributed by atoms with E-state index in [1.807, 2.05) is 0 Å². The lowest BCUT2D eigenvalue weighted by Gasteiger charge is -2.07. The van der Waals surface area contributed by atoms with Gasteiger partial charge in [0.25, 0.3) is 0 Å². The zero-order valence-corrected chi connectivity index (χ0v) is 8.57. The van der Waals surface area contributed by atoms with E-state index in [9.17, 15) is 13.6 Å². The minimum atomic E-state index is -1.35. The molecule has 0 aliphatic rings. The molecule has 2 N–H and O–H groups in total. The minimum absolute atomic E-state index is 0.105. The summed E-state index contributed by atoms with van der Waals surface area (Å²) in [5.41, 5.74) is 4.37. The first-order valence-corrected chi connectivity index (χ1v) is 4.46. The zero-order chi connectivity index (χ0) is 11.6. The van der Waals surface area contributed by atoms with Gasteiger partial charge in [0.2, 0.25) is 0 Å². The van der Waals surface area contributed by atoms with Gasteiger partial charge in [-0.05, 0) is 13.0 Å². The van der Waals surface area contributed by atoms with Crippen LogP contribution in [-0.2, 0) is 4.74 Å². The van der Waals surface area contributed by atoms with Crippen molar-refractivity contribution < 1.29 is 18.3 Å². The lowest BCUT2D eigenvalue weighted by molar-refractivity contribution is 0.0526. The maximum absolute atomic E-state index is 13.1. The van der Waals surface area contributed by atoms with Gasteiger partial charge in [-0.3, -0.25) is 0 Å². The number of hydrogen-bond donors (Lipinski definition) is 1. The average molecular weight is 236 g/mol. The highest BCUT2D eigenvalue weighted by Crippen LogP contribution is 2.27. The number of benzene rings is 1. The summed E-state index contributed by atoms with van der Waals surface area (Å²) in [7, 11) is 0. The monoisotopic (exact) mass is 235 g/mol. The van der Waals surface area contributed by atoms with Crippen LogP contribution in [0.3, 0.4) is 0 Å². The van der Waals surface area contributed by atoms with Crippen molar-refractivity contribution in [3.8, 4) is 0 Å². The van der Waals surface area contributed by atoms with Crippen LogP contribution < -0.4 is 5.73 Å². The third-order valence-electron chi connectivity index (χ3n) is 1.67. The number of ether oxygens (including phenoxy) is 1. The van der Waals surface area contributed by atoms with E-state index in [0.29, 0.717) is 0 Å². The van der Waals surface area contributed by atoms with E-state index in [1.54, 1.807) is 6.92 Å². The van der Waals surface area contributed by atoms with E-state index >= 15 is 0 Å². The fraction of sp³-hybridized carbons (Fsp3) is 0.222. The molecule has 0 fully saturated rings. The molecule has 1 rings (SSSR count). The molecular weight excluding hydrogens is 228 g/mol. The molecule has 0 aliphatic carbocycles. The zero-order valence-electron chi connectivity index (χ0n) is 7.81. The normalized spacial score (nSPS) is 10.1. The van der Waals surface area contributed by atoms with Gasteiger partial charge in [-0.15, -0.1) is 0 Å². The molecule has 0 saturated heterocycles. The Hall–Kier alpha value is -1.36. The molecule has 0 aliphatic heterocycles. The second kappa shape index (κ2) is 4.44. The summed E-state index contributed by atoms with van der Waals surface area (Å²) in [5, 5.41) is -0.625. The molecule has 1 aromatic carbocycles. The summed E-state index contributed by atoms with van der Waals surface area (Å²) in [6.07, 6.45) is 0. The third-order valence-corrected chi connectivity index (χ3v) is 2.04. The van der Waals surface area contributed by atoms with Crippen LogP contribution in [-0.4, -0.2) is 12.6 Å². The lowest BCUT2D eigenvalue weighted by Crippen LogP contribution is -2.09. The number of carbonyl (C=O) groups is 1. The molecule has 1 aromatic rings. The molecule has 0 saturated carbocycles. The number of rotatable bonds is 2. The van der Waals surface area contributed by atoms with Gasteiger partial charge in [0.1, 0.15) is 0 Å². The van der Waals surface area contributed by atoms with Gasteiger partial charge in [0.05, 0.1) is 22.9 Å². The van der Waals surface area contributed by atoms with Crippen molar-refractivity contribution in [2.24, 2.45) is 0 Å². The standard InChI is InChI=1S/C9H8ClF2NO2/c1-2-15-9(14)4-3-5(13)7(11)8(12)6(4)10/h3H,2,13H2,1H3. The molecule has 0 heterocycles. The Labute approximate surface area is 89.8 Å². The van der Waals surface area contributed by atoms with Crippen LogP contribution in [0.1, 0.15) is 17.3 Å². The molecule has 6 heteroatoms. The smallest absolute Gasteiger partial charge is 0.339 e. The Morgan fingerprint density at radius 1 is 1.53 bits per heavy atom. The van der Waals surface area contributed by atoms with Crippen molar-refractivity contribution in [2.75, 3.05) is 12.3 Å². The molecule has 0 aromatic heterocycles. The highest BCUT2D eigenvalue weighted by Gasteiger charge is 2.20. The molecule has 82 valence electrons. The van der Waals surface area contributed by atoms with Crippen LogP contribution in [0.15, 0.2) is 6.07 Å². The van der Waals surface area contributed by atoms with Gasteiger partial charge in [-0.2, -0.15) is 0 Å². The summed E-state index contributed by atoms with van der Waals surface area (Å²) in [6.45, 7) is 1.68. The summed E-state index contributed by atoms with van der Waals surface area (Å²) in [4.78, 5) is 11.2. The average Bonchev–Trinajstić information content (AvgIpc) is 2.20. The van der Waals surface area contributed by atoms with Gasteiger partial charge in [-0.25, -0.2) is 13.6 Å². The summed E-state index contributed by atoms with van der Waals surface area (Å²) in [5.74, 6) is -3.46. The topological polar surface area (TPSA) is 52.3 Å². The van der Waals surface area contributed by atoms with Crippen LogP contribution in [0, 0.1) is 11.6 Å². The summed E-state index contributed by atoms with van der Waals surface area (Å²) in [6, 6.07) is 0.943. The van der Waals surface area contributed by atoms with E-state index in [0.717, 1.165) is 6.07 Å². The van der Waals surface area contributed by atoms with E-state index in [4.69, 9.17) is 17.3 Å². The molecule has 15 heavy (non-hydrogen) atoms. The Balaban J connectivity index is 3.26. The van der Waals surface area contributed by atoms with Crippen LogP contribution in [0.2, 0.25) is 5.02 Å². The third kappa shape index (κ3) is 2.18. The minimum Gasteiger partial charge on any atom is -0.462 e. The second-order valence-electron chi connectivity index (χ2n) is 2.68. The highest BCUT2D eigenvalue weighted by molar-refractivity contribution is 6.33. The number of nitrogen functional groups attached to an aromatic ring is 1. The van der Waals surface area contributed by atoms with Gasteiger partial charge < -0.3 is 10.5 Å². The van der Waals surface area contributed by atoms with Crippen LogP contribution in [0.4, 0.5) is 14.5 Å². The summed E-state index contributed by atoms with van der Waals surface area (Å²) < 4.78 is 30.5. The Kier molecular flexibility index (Phi) is 3.47. The predicted octanol–water partition coefficient (Wildman–Crippen LogP) is 2.38. The van der Waals surface area contributed by atoms with Crippen LogP contribution >= 0.6 is 11.6 Å². The molecule has 0 spiro atoms. The summed E-state index contributed by atoms with van der Waals surface area (Å²) >= 11 is 5.43. The van der Waals surface area contributed by atoms with Gasteiger partial charge in [-0.1, -0.05) is 11.6 Å². The van der Waals surface area contributed by atoms with Crippen LogP contribution in [0.5, 0.6) is 0 Å². The Morgan fingerprint density at radius 3 is 2.67 bits per heavy atom. The first-order chi connectivity index (χ1) is 6.99. The molecule has 0 bridgehead atoms. The first-order valence-electron chi connectivity index (χ1n) is 4.09. The van der Waals surface area contributed by atoms with E-state index < -0.39 is 28.3 Å². The number of carbonyl (C=O) groups excluding carboxylic acids is 1. The van der Waals surface area contributed by atoms with E-state index in [-0.39, 0.29) is 12.2 Å². The number of hydrogen-bond acceptors (Lipinski definition) is 3. The molecule has 0 amide bonds. The maximum Gasteiger partial charge on any atom is 0.339 e. The van der Waals surface area contributed by atoms with E-state index in [2.05, 4.69) is 4.74 Å². The quantitative estimate of drug-likeness (QED) is 0.486. The Morgan fingerprint density at radius 2 is 2.13 bits per heavy atom. The number of halogens is 3. The predicted molar refractivity (Wildman–Crippen MR) is 51.7 cm³/mol. The fourth-order valence-corrected chi connectivity index (χ4v) is 1.20. The fourth-order valence-electron chi connectivity index (χ4n) is 0.981. The van der Waals surface area contributed by atoms with Gasteiger partial charge in [0.15, 0.2) is 11.6 Å². The van der Waals surface area contributed by atoms with Gasteiger partial charge in [0, 0.05) is 0 Å². The second-order valence-corrected chi connectivity index (χ2v) is 3.05. The molecule has 0 atom stereocenters. The van der Waals surface area contributed by atoms with Crippen molar-refractivity contribution in [2.45, 2.75) is 6.92 Å². The number of esters is 1. The van der Waals surface area contributed by atoms with E-state index in [1.165, 1.54) is 0 Å². The van der Waals surface area contributed by atoms with Gasteiger partial charge >= 0.3 is 5.97 Å². The van der Waals surface area contributed by atoms with Crippen molar-refractivity contribution in [1.29, 1.82) is 0 Å². The highest BCUT2D eigenvalue weighted by atomic mass is 35.5. The van der Waals surface area contributed by atoms with Crippen molar-refractivity contribution >= 4 is 23.3 Å². The SMILES string of the molecule is CCOC(=O)c1cc(N)c(F)c(F)c1Cl. The van der Waals surface area contributed by atoms with Crippen molar-refractivity contribution in [3.63, 3.8) is 0 Å². The number of nitrogens with two attached hydrogens (primary N) is 1. The van der Waals surface area contributed by atoms with Crippen molar-refractivity contribution in [1.82, 2.24) is 0 Å². The number of anilines is 1. The molecule has 0 unspecified atom stereocenters. The largest absolute Gasteiger partial charge is 0.462 e. The maximum atomic E-state index is 13.1. The molecule has 3 nitrogen and oxygen atoms in total. The molecular formula is C9H8ClF2NO2. The lowest BCUT2D eigenvalue weighted by atomic mass is 10.2. The molecule has 0 radical (unpaired) electrons. The Bertz CT molecular complexity index is 410.